The van der Waals surface area contributed by atoms with Crippen LogP contribution in [0.5, 0.6) is 0 Å². The van der Waals surface area contributed by atoms with Crippen LogP contribution in [-0.4, -0.2) is 31.7 Å². The van der Waals surface area contributed by atoms with E-state index in [2.05, 4.69) is 0 Å². The second-order valence-electron chi connectivity index (χ2n) is 6.00. The molecule has 0 amide bonds. The van der Waals surface area contributed by atoms with Gasteiger partial charge < -0.3 is 0 Å². The van der Waals surface area contributed by atoms with Gasteiger partial charge in [-0.1, -0.05) is 23.7 Å². The van der Waals surface area contributed by atoms with Crippen molar-refractivity contribution in [3.05, 3.63) is 34.3 Å². The Kier molecular flexibility index (Phi) is 5.51. The molecule has 1 heterocycles. The quantitative estimate of drug-likeness (QED) is 0.733. The van der Waals surface area contributed by atoms with Crippen molar-refractivity contribution >= 4 is 44.6 Å². The van der Waals surface area contributed by atoms with Crippen molar-refractivity contribution in [3.8, 4) is 0 Å². The van der Waals surface area contributed by atoms with Crippen molar-refractivity contribution in [2.75, 3.05) is 23.3 Å². The normalized spacial score (nSPS) is 21.6. The smallest absolute Gasteiger partial charge is 0.150 e. The molecule has 2 rings (SSSR count). The topological polar surface area (TPSA) is 34.1 Å². The van der Waals surface area contributed by atoms with Gasteiger partial charge in [0, 0.05) is 22.2 Å². The highest BCUT2D eigenvalue weighted by Crippen LogP contribution is 2.42. The number of rotatable bonds is 5. The number of hydrogen-bond donors (Lipinski definition) is 0. The first-order valence-corrected chi connectivity index (χ1v) is 10.2. The van der Waals surface area contributed by atoms with Crippen LogP contribution in [0.1, 0.15) is 17.5 Å². The monoisotopic (exact) mass is 368 g/mol. The summed E-state index contributed by atoms with van der Waals surface area (Å²) in [6, 6.07) is 5.89. The molecular formula is C15H19Cl3O2S. The lowest BCUT2D eigenvalue weighted by atomic mass is 9.73. The Labute approximate surface area is 141 Å². The van der Waals surface area contributed by atoms with E-state index in [1.807, 2.05) is 25.1 Å². The summed E-state index contributed by atoms with van der Waals surface area (Å²) in [5.41, 5.74) is 1.65. The number of sulfone groups is 1. The standard InChI is InChI=1S/C15H19Cl3O2S/c1-11-2-3-12(14(18)6-11)7-15(9-16,10-17)13-4-5-21(19,20)8-13/h2-3,6,13H,4-5,7-10H2,1H3. The number of alkyl halides is 2. The molecule has 0 spiro atoms. The molecule has 1 aliphatic rings. The molecule has 1 saturated heterocycles. The molecule has 0 bridgehead atoms. The maximum absolute atomic E-state index is 11.8. The van der Waals surface area contributed by atoms with Gasteiger partial charge in [0.25, 0.3) is 0 Å². The molecule has 0 radical (unpaired) electrons. The lowest BCUT2D eigenvalue weighted by molar-refractivity contribution is 0.244. The predicted molar refractivity (Wildman–Crippen MR) is 90.5 cm³/mol. The summed E-state index contributed by atoms with van der Waals surface area (Å²) in [4.78, 5) is 0. The van der Waals surface area contributed by atoms with Crippen LogP contribution in [0.25, 0.3) is 0 Å². The molecule has 6 heteroatoms. The van der Waals surface area contributed by atoms with E-state index >= 15 is 0 Å². The minimum atomic E-state index is -2.96. The first kappa shape index (κ1) is 17.4. The Morgan fingerprint density at radius 1 is 1.29 bits per heavy atom. The van der Waals surface area contributed by atoms with Gasteiger partial charge >= 0.3 is 0 Å². The van der Waals surface area contributed by atoms with Crippen molar-refractivity contribution in [1.29, 1.82) is 0 Å². The van der Waals surface area contributed by atoms with E-state index in [0.717, 1.165) is 11.1 Å². The molecule has 1 atom stereocenters. The van der Waals surface area contributed by atoms with Gasteiger partial charge in [0.15, 0.2) is 9.84 Å². The van der Waals surface area contributed by atoms with Crippen LogP contribution in [0.2, 0.25) is 5.02 Å². The van der Waals surface area contributed by atoms with Gasteiger partial charge in [-0.3, -0.25) is 0 Å². The number of halogens is 3. The molecule has 1 aromatic carbocycles. The Morgan fingerprint density at radius 3 is 2.43 bits per heavy atom. The molecule has 0 aliphatic carbocycles. The second-order valence-corrected chi connectivity index (χ2v) is 9.17. The summed E-state index contributed by atoms with van der Waals surface area (Å²) in [5, 5.41) is 0.690. The minimum absolute atomic E-state index is 0.00475. The molecule has 1 aliphatic heterocycles. The van der Waals surface area contributed by atoms with Gasteiger partial charge in [-0.2, -0.15) is 0 Å². The molecule has 0 aromatic heterocycles. The molecule has 0 N–H and O–H groups in total. The molecule has 0 saturated carbocycles. The SMILES string of the molecule is Cc1ccc(CC(CCl)(CCl)C2CCS(=O)(=O)C2)c(Cl)c1. The fourth-order valence-electron chi connectivity index (χ4n) is 2.95. The molecule has 118 valence electrons. The average molecular weight is 370 g/mol. The molecule has 1 unspecified atom stereocenters. The van der Waals surface area contributed by atoms with E-state index in [-0.39, 0.29) is 17.4 Å². The fourth-order valence-corrected chi connectivity index (χ4v) is 6.10. The molecular weight excluding hydrogens is 351 g/mol. The van der Waals surface area contributed by atoms with Crippen molar-refractivity contribution < 1.29 is 8.42 Å². The Morgan fingerprint density at radius 2 is 1.95 bits per heavy atom. The first-order valence-electron chi connectivity index (χ1n) is 6.89. The second kappa shape index (κ2) is 6.66. The third-order valence-corrected chi connectivity index (χ3v) is 7.57. The highest BCUT2D eigenvalue weighted by molar-refractivity contribution is 7.91. The number of benzene rings is 1. The zero-order valence-electron chi connectivity index (χ0n) is 11.9. The summed E-state index contributed by atoms with van der Waals surface area (Å²) >= 11 is 18.7. The van der Waals surface area contributed by atoms with Crippen LogP contribution in [0, 0.1) is 18.3 Å². The third kappa shape index (κ3) is 3.87. The van der Waals surface area contributed by atoms with E-state index < -0.39 is 15.3 Å². The van der Waals surface area contributed by atoms with Gasteiger partial charge in [-0.15, -0.1) is 23.2 Å². The summed E-state index contributed by atoms with van der Waals surface area (Å²) in [6.45, 7) is 1.98. The zero-order chi connectivity index (χ0) is 15.7. The summed E-state index contributed by atoms with van der Waals surface area (Å²) < 4.78 is 23.5. The van der Waals surface area contributed by atoms with Gasteiger partial charge in [-0.25, -0.2) is 8.42 Å². The van der Waals surface area contributed by atoms with E-state index in [1.54, 1.807) is 0 Å². The van der Waals surface area contributed by atoms with E-state index in [1.165, 1.54) is 0 Å². The van der Waals surface area contributed by atoms with Crippen LogP contribution in [0.15, 0.2) is 18.2 Å². The Bertz CT molecular complexity index is 609. The summed E-state index contributed by atoms with van der Waals surface area (Å²) in [5.74, 6) is 1.07. The van der Waals surface area contributed by atoms with E-state index in [4.69, 9.17) is 34.8 Å². The highest BCUT2D eigenvalue weighted by Gasteiger charge is 2.44. The fraction of sp³-hybridized carbons (Fsp3) is 0.600. The summed E-state index contributed by atoms with van der Waals surface area (Å²) in [6.07, 6.45) is 1.24. The van der Waals surface area contributed by atoms with Crippen LogP contribution in [0.4, 0.5) is 0 Å². The largest absolute Gasteiger partial charge is 0.229 e. The van der Waals surface area contributed by atoms with Gasteiger partial charge in [-0.05, 0) is 42.9 Å². The maximum Gasteiger partial charge on any atom is 0.150 e. The number of aryl methyl sites for hydroxylation is 1. The molecule has 1 aromatic rings. The third-order valence-electron chi connectivity index (χ3n) is 4.38. The lowest BCUT2D eigenvalue weighted by Gasteiger charge is -2.35. The van der Waals surface area contributed by atoms with Gasteiger partial charge in [0.05, 0.1) is 11.5 Å². The predicted octanol–water partition coefficient (Wildman–Crippen LogP) is 4.09. The van der Waals surface area contributed by atoms with Crippen molar-refractivity contribution in [3.63, 3.8) is 0 Å². The highest BCUT2D eigenvalue weighted by atomic mass is 35.5. The molecule has 1 fully saturated rings. The Balaban J connectivity index is 2.30. The van der Waals surface area contributed by atoms with Gasteiger partial charge in [0.1, 0.15) is 0 Å². The molecule has 2 nitrogen and oxygen atoms in total. The van der Waals surface area contributed by atoms with Crippen LogP contribution < -0.4 is 0 Å². The molecule has 21 heavy (non-hydrogen) atoms. The van der Waals surface area contributed by atoms with Gasteiger partial charge in [0.2, 0.25) is 0 Å². The number of hydrogen-bond acceptors (Lipinski definition) is 2. The van der Waals surface area contributed by atoms with E-state index in [0.29, 0.717) is 29.6 Å². The van der Waals surface area contributed by atoms with Crippen molar-refractivity contribution in [2.24, 2.45) is 11.3 Å². The van der Waals surface area contributed by atoms with Crippen LogP contribution in [0.3, 0.4) is 0 Å². The van der Waals surface area contributed by atoms with Crippen LogP contribution in [-0.2, 0) is 16.3 Å². The summed E-state index contributed by atoms with van der Waals surface area (Å²) in [7, 11) is -2.96. The van der Waals surface area contributed by atoms with Crippen LogP contribution >= 0.6 is 34.8 Å². The first-order chi connectivity index (χ1) is 9.82. The lowest BCUT2D eigenvalue weighted by Crippen LogP contribution is -2.37. The van der Waals surface area contributed by atoms with Crippen molar-refractivity contribution in [1.82, 2.24) is 0 Å². The van der Waals surface area contributed by atoms with Crippen molar-refractivity contribution in [2.45, 2.75) is 19.8 Å². The zero-order valence-corrected chi connectivity index (χ0v) is 15.0. The minimum Gasteiger partial charge on any atom is -0.229 e. The Hall–Kier alpha value is 0.0400. The maximum atomic E-state index is 11.8. The average Bonchev–Trinajstić information content (AvgIpc) is 2.79. The van der Waals surface area contributed by atoms with E-state index in [9.17, 15) is 8.42 Å².